The van der Waals surface area contributed by atoms with Crippen LogP contribution in [0.15, 0.2) is 30.6 Å². The summed E-state index contributed by atoms with van der Waals surface area (Å²) in [6.07, 6.45) is 6.37. The number of fused-ring (bicyclic) bond motifs is 2. The van der Waals surface area contributed by atoms with E-state index in [0.29, 0.717) is 29.4 Å². The first-order valence-electron chi connectivity index (χ1n) is 9.34. The fraction of sp³-hybridized carbons (Fsp3) is 0.650. The third kappa shape index (κ3) is 2.78. The molecule has 0 aromatic carbocycles. The predicted molar refractivity (Wildman–Crippen MR) is 96.0 cm³/mol. The average molecular weight is 340 g/mol. The lowest BCUT2D eigenvalue weighted by atomic mass is 9.61. The Balaban J connectivity index is 1.63. The molecule has 2 saturated carbocycles. The standard InChI is InChI=1S/C20H28N4O/c1-13-9-14-10-20(25,11-15(13)18(14)19(2,3)4)16-12-24(23-22-16)17-7-5-6-8-21-17/h5-8,12-15,18,25H,9-11H2,1-4H3/t13-,14?,15?,18-,20+/m1/s1. The molecule has 5 heteroatoms. The molecule has 5 nitrogen and oxygen atoms in total. The summed E-state index contributed by atoms with van der Waals surface area (Å²) in [6.45, 7) is 9.38. The monoisotopic (exact) mass is 340 g/mol. The molecule has 4 rings (SSSR count). The summed E-state index contributed by atoms with van der Waals surface area (Å²) in [4.78, 5) is 4.31. The van der Waals surface area contributed by atoms with Crippen LogP contribution in [0.5, 0.6) is 0 Å². The molecule has 1 N–H and O–H groups in total. The lowest BCUT2D eigenvalue weighted by Crippen LogP contribution is -2.43. The maximum Gasteiger partial charge on any atom is 0.155 e. The highest BCUT2D eigenvalue weighted by atomic mass is 16.3. The van der Waals surface area contributed by atoms with Crippen LogP contribution in [0.4, 0.5) is 0 Å². The third-order valence-corrected chi connectivity index (χ3v) is 6.40. The molecule has 0 radical (unpaired) electrons. The minimum absolute atomic E-state index is 0.285. The van der Waals surface area contributed by atoms with Crippen LogP contribution in [0.25, 0.3) is 5.82 Å². The minimum atomic E-state index is -0.866. The Hall–Kier alpha value is -1.75. The van der Waals surface area contributed by atoms with E-state index in [1.54, 1.807) is 10.9 Å². The molecule has 2 unspecified atom stereocenters. The van der Waals surface area contributed by atoms with Crippen LogP contribution in [-0.4, -0.2) is 25.1 Å². The first-order chi connectivity index (χ1) is 11.8. The summed E-state index contributed by atoms with van der Waals surface area (Å²) in [7, 11) is 0. The second-order valence-corrected chi connectivity index (χ2v) is 9.20. The first kappa shape index (κ1) is 16.7. The largest absolute Gasteiger partial charge is 0.383 e. The van der Waals surface area contributed by atoms with Gasteiger partial charge in [-0.05, 0) is 60.5 Å². The van der Waals surface area contributed by atoms with Gasteiger partial charge in [0.2, 0.25) is 0 Å². The van der Waals surface area contributed by atoms with Gasteiger partial charge in [0.15, 0.2) is 5.82 Å². The molecule has 2 aromatic rings. The zero-order valence-corrected chi connectivity index (χ0v) is 15.6. The Morgan fingerprint density at radius 3 is 2.68 bits per heavy atom. The van der Waals surface area contributed by atoms with Gasteiger partial charge in [0, 0.05) is 6.20 Å². The summed E-state index contributed by atoms with van der Waals surface area (Å²) in [5.41, 5.74) is 0.108. The number of rotatable bonds is 2. The molecule has 5 atom stereocenters. The highest BCUT2D eigenvalue weighted by molar-refractivity contribution is 5.22. The van der Waals surface area contributed by atoms with Crippen LogP contribution >= 0.6 is 0 Å². The number of pyridine rings is 1. The van der Waals surface area contributed by atoms with E-state index in [4.69, 9.17) is 0 Å². The van der Waals surface area contributed by atoms with Crippen molar-refractivity contribution in [3.8, 4) is 5.82 Å². The number of aromatic nitrogens is 4. The zero-order valence-electron chi connectivity index (χ0n) is 15.6. The van der Waals surface area contributed by atoms with E-state index in [2.05, 4.69) is 43.0 Å². The van der Waals surface area contributed by atoms with Gasteiger partial charge in [-0.3, -0.25) is 0 Å². The number of nitrogens with zero attached hydrogens (tertiary/aromatic N) is 4. The molecule has 25 heavy (non-hydrogen) atoms. The van der Waals surface area contributed by atoms with Crippen molar-refractivity contribution in [1.82, 2.24) is 20.0 Å². The van der Waals surface area contributed by atoms with Crippen molar-refractivity contribution in [2.75, 3.05) is 0 Å². The molecule has 2 heterocycles. The third-order valence-electron chi connectivity index (χ3n) is 6.40. The Morgan fingerprint density at radius 2 is 2.04 bits per heavy atom. The van der Waals surface area contributed by atoms with Crippen molar-refractivity contribution in [2.24, 2.45) is 29.1 Å². The van der Waals surface area contributed by atoms with E-state index < -0.39 is 5.60 Å². The summed E-state index contributed by atoms with van der Waals surface area (Å²) in [5, 5.41) is 20.0. The highest BCUT2D eigenvalue weighted by Crippen LogP contribution is 2.60. The highest BCUT2D eigenvalue weighted by Gasteiger charge is 2.56. The van der Waals surface area contributed by atoms with E-state index in [9.17, 15) is 5.11 Å². The lowest BCUT2D eigenvalue weighted by molar-refractivity contribution is -0.0748. The van der Waals surface area contributed by atoms with Gasteiger partial charge in [-0.15, -0.1) is 5.10 Å². The predicted octanol–water partition coefficient (Wildman–Crippen LogP) is 3.58. The molecule has 2 fully saturated rings. The second-order valence-electron chi connectivity index (χ2n) is 9.20. The number of aliphatic hydroxyl groups is 1. The van der Waals surface area contributed by atoms with Crippen LogP contribution in [0.3, 0.4) is 0 Å². The fourth-order valence-electron chi connectivity index (χ4n) is 5.58. The number of hydrogen-bond donors (Lipinski definition) is 1. The topological polar surface area (TPSA) is 63.8 Å². The van der Waals surface area contributed by atoms with Crippen LogP contribution < -0.4 is 0 Å². The molecular formula is C20H28N4O. The fourth-order valence-corrected chi connectivity index (χ4v) is 5.58. The Labute approximate surface area is 149 Å². The Kier molecular flexibility index (Phi) is 3.76. The zero-order chi connectivity index (χ0) is 17.8. The lowest BCUT2D eigenvalue weighted by Gasteiger charge is -2.46. The van der Waals surface area contributed by atoms with Crippen LogP contribution in [-0.2, 0) is 5.60 Å². The van der Waals surface area contributed by atoms with Crippen molar-refractivity contribution in [2.45, 2.75) is 52.6 Å². The molecule has 2 aliphatic rings. The van der Waals surface area contributed by atoms with Crippen molar-refractivity contribution < 1.29 is 5.11 Å². The average Bonchev–Trinajstić information content (AvgIpc) is 3.12. The maximum absolute atomic E-state index is 11.4. The van der Waals surface area contributed by atoms with Gasteiger partial charge in [0.1, 0.15) is 11.3 Å². The van der Waals surface area contributed by atoms with Crippen LogP contribution in [0.1, 0.15) is 52.7 Å². The van der Waals surface area contributed by atoms with E-state index in [-0.39, 0.29) is 5.41 Å². The summed E-state index contributed by atoms with van der Waals surface area (Å²) in [6, 6.07) is 5.70. The van der Waals surface area contributed by atoms with Crippen molar-refractivity contribution in [1.29, 1.82) is 0 Å². The molecular weight excluding hydrogens is 312 g/mol. The van der Waals surface area contributed by atoms with E-state index in [1.165, 1.54) is 6.42 Å². The van der Waals surface area contributed by atoms with Gasteiger partial charge < -0.3 is 5.11 Å². The van der Waals surface area contributed by atoms with Gasteiger partial charge in [-0.2, -0.15) is 0 Å². The maximum atomic E-state index is 11.4. The Morgan fingerprint density at radius 1 is 1.24 bits per heavy atom. The van der Waals surface area contributed by atoms with Crippen molar-refractivity contribution >= 4 is 0 Å². The van der Waals surface area contributed by atoms with E-state index in [0.717, 1.165) is 18.7 Å². The second kappa shape index (κ2) is 5.63. The molecule has 134 valence electrons. The molecule has 0 aliphatic heterocycles. The smallest absolute Gasteiger partial charge is 0.155 e. The quantitative estimate of drug-likeness (QED) is 0.907. The summed E-state index contributed by atoms with van der Waals surface area (Å²) < 4.78 is 1.66. The van der Waals surface area contributed by atoms with Gasteiger partial charge in [0.05, 0.1) is 6.20 Å². The molecule has 0 amide bonds. The van der Waals surface area contributed by atoms with Gasteiger partial charge in [-0.1, -0.05) is 39.0 Å². The van der Waals surface area contributed by atoms with E-state index >= 15 is 0 Å². The van der Waals surface area contributed by atoms with E-state index in [1.807, 2.05) is 24.4 Å². The molecule has 2 aliphatic carbocycles. The van der Waals surface area contributed by atoms with Gasteiger partial charge >= 0.3 is 0 Å². The van der Waals surface area contributed by atoms with Crippen molar-refractivity contribution in [3.05, 3.63) is 36.3 Å². The number of hydrogen-bond acceptors (Lipinski definition) is 4. The molecule has 2 bridgehead atoms. The Bertz CT molecular complexity index is 751. The van der Waals surface area contributed by atoms with Crippen molar-refractivity contribution in [3.63, 3.8) is 0 Å². The van der Waals surface area contributed by atoms with Gasteiger partial charge in [0.25, 0.3) is 0 Å². The minimum Gasteiger partial charge on any atom is -0.383 e. The SMILES string of the molecule is C[C@@H]1CC2C[C@@](O)(c3cn(-c4ccccn4)nn3)CC1[C@@H]2C(C)(C)C. The first-order valence-corrected chi connectivity index (χ1v) is 9.34. The van der Waals surface area contributed by atoms with Gasteiger partial charge in [-0.25, -0.2) is 9.67 Å². The molecule has 0 saturated heterocycles. The van der Waals surface area contributed by atoms with Crippen LogP contribution in [0, 0.1) is 29.1 Å². The molecule has 0 spiro atoms. The summed E-state index contributed by atoms with van der Waals surface area (Å²) in [5.74, 6) is 3.16. The molecule has 2 aromatic heterocycles. The normalized spacial score (nSPS) is 35.1. The van der Waals surface area contributed by atoms with Crippen LogP contribution in [0.2, 0.25) is 0 Å². The summed E-state index contributed by atoms with van der Waals surface area (Å²) >= 11 is 0.